The van der Waals surface area contributed by atoms with E-state index in [4.69, 9.17) is 0 Å². The first kappa shape index (κ1) is 20.5. The minimum Gasteiger partial charge on any atom is -0.351 e. The predicted octanol–water partition coefficient (Wildman–Crippen LogP) is 2.88. The number of hydrogen-bond donors (Lipinski definition) is 2. The molecule has 0 aliphatic carbocycles. The molecule has 2 amide bonds. The van der Waals surface area contributed by atoms with Crippen LogP contribution in [0.5, 0.6) is 0 Å². The highest BCUT2D eigenvalue weighted by molar-refractivity contribution is 6.06. The molecule has 0 bridgehead atoms. The van der Waals surface area contributed by atoms with Crippen LogP contribution in [0.2, 0.25) is 0 Å². The van der Waals surface area contributed by atoms with Crippen LogP contribution in [0.1, 0.15) is 38.7 Å². The molecule has 0 atom stereocenters. The van der Waals surface area contributed by atoms with E-state index >= 15 is 0 Å². The van der Waals surface area contributed by atoms with E-state index in [0.717, 1.165) is 29.8 Å². The van der Waals surface area contributed by atoms with Gasteiger partial charge in [0.15, 0.2) is 5.69 Å². The van der Waals surface area contributed by atoms with Gasteiger partial charge in [-0.15, -0.1) is 0 Å². The Labute approximate surface area is 170 Å². The second-order valence-electron chi connectivity index (χ2n) is 7.37. The van der Waals surface area contributed by atoms with Crippen LogP contribution >= 0.6 is 0 Å². The Balaban J connectivity index is 1.86. The number of amides is 2. The molecule has 2 N–H and O–H groups in total. The van der Waals surface area contributed by atoms with Crippen molar-refractivity contribution in [1.29, 1.82) is 0 Å². The zero-order chi connectivity index (χ0) is 21.0. The number of imidazole rings is 1. The van der Waals surface area contributed by atoms with Gasteiger partial charge in [-0.25, -0.2) is 4.98 Å². The van der Waals surface area contributed by atoms with Crippen LogP contribution in [0.4, 0.5) is 5.69 Å². The topological polar surface area (TPSA) is 78.7 Å². The molecule has 0 spiro atoms. The van der Waals surface area contributed by atoms with Crippen LogP contribution in [0, 0.1) is 13.8 Å². The lowest BCUT2D eigenvalue weighted by Crippen LogP contribution is -2.27. The quantitative estimate of drug-likeness (QED) is 0.605. The molecule has 0 aliphatic heterocycles. The standard InChI is InChI=1S/C22H27N5O2/c1-15-9-7-10-16(2)18(15)25-22(29)20-24-19(17-11-5-6-14-27(17)20)21(28)23-12-8-13-26(3)4/h5-7,9-11,14H,8,12-13H2,1-4H3,(H,23,28)(H,25,29). The molecule has 7 heteroatoms. The molecule has 2 heterocycles. The third-order valence-corrected chi connectivity index (χ3v) is 4.75. The van der Waals surface area contributed by atoms with Gasteiger partial charge in [0.05, 0.1) is 5.52 Å². The molecule has 7 nitrogen and oxygen atoms in total. The molecule has 0 saturated carbocycles. The number of benzene rings is 1. The van der Waals surface area contributed by atoms with Crippen LogP contribution in [0.15, 0.2) is 42.6 Å². The van der Waals surface area contributed by atoms with Crippen molar-refractivity contribution in [3.63, 3.8) is 0 Å². The number of para-hydroxylation sites is 1. The third-order valence-electron chi connectivity index (χ3n) is 4.75. The fraction of sp³-hybridized carbons (Fsp3) is 0.318. The smallest absolute Gasteiger partial charge is 0.292 e. The average molecular weight is 393 g/mol. The van der Waals surface area contributed by atoms with Crippen LogP contribution in [0.3, 0.4) is 0 Å². The summed E-state index contributed by atoms with van der Waals surface area (Å²) in [5.74, 6) is -0.449. The van der Waals surface area contributed by atoms with Crippen molar-refractivity contribution >= 4 is 23.0 Å². The van der Waals surface area contributed by atoms with E-state index in [1.54, 1.807) is 16.7 Å². The van der Waals surface area contributed by atoms with Crippen molar-refractivity contribution in [3.05, 3.63) is 65.2 Å². The second-order valence-corrected chi connectivity index (χ2v) is 7.37. The van der Waals surface area contributed by atoms with Crippen molar-refractivity contribution in [1.82, 2.24) is 19.6 Å². The lowest BCUT2D eigenvalue weighted by molar-refractivity contribution is 0.0949. The molecule has 0 radical (unpaired) electrons. The highest BCUT2D eigenvalue weighted by Crippen LogP contribution is 2.21. The minimum atomic E-state index is -0.352. The van der Waals surface area contributed by atoms with Crippen LogP contribution in [0.25, 0.3) is 5.52 Å². The maximum Gasteiger partial charge on any atom is 0.292 e. The minimum absolute atomic E-state index is 0.182. The van der Waals surface area contributed by atoms with E-state index in [0.29, 0.717) is 12.1 Å². The summed E-state index contributed by atoms with van der Waals surface area (Å²) in [6.07, 6.45) is 2.58. The largest absolute Gasteiger partial charge is 0.351 e. The molecular formula is C22H27N5O2. The first-order chi connectivity index (χ1) is 13.9. The second kappa shape index (κ2) is 8.87. The number of aryl methyl sites for hydroxylation is 2. The van der Waals surface area contributed by atoms with Gasteiger partial charge in [-0.05, 0) is 64.2 Å². The summed E-state index contributed by atoms with van der Waals surface area (Å²) in [6, 6.07) is 11.3. The summed E-state index contributed by atoms with van der Waals surface area (Å²) < 4.78 is 1.65. The maximum atomic E-state index is 13.0. The number of hydrogen-bond acceptors (Lipinski definition) is 4. The molecule has 0 fully saturated rings. The summed E-state index contributed by atoms with van der Waals surface area (Å²) in [5.41, 5.74) is 3.56. The maximum absolute atomic E-state index is 13.0. The van der Waals surface area contributed by atoms with Gasteiger partial charge in [0, 0.05) is 18.4 Å². The van der Waals surface area contributed by atoms with Gasteiger partial charge in [-0.1, -0.05) is 24.3 Å². The molecule has 0 unspecified atom stereocenters. The van der Waals surface area contributed by atoms with Crippen LogP contribution < -0.4 is 10.6 Å². The molecule has 0 saturated heterocycles. The molecule has 152 valence electrons. The van der Waals surface area contributed by atoms with Crippen molar-refractivity contribution in [2.45, 2.75) is 20.3 Å². The van der Waals surface area contributed by atoms with E-state index in [9.17, 15) is 9.59 Å². The molecule has 1 aromatic carbocycles. The summed E-state index contributed by atoms with van der Waals surface area (Å²) in [5, 5.41) is 5.84. The summed E-state index contributed by atoms with van der Waals surface area (Å²) in [6.45, 7) is 5.32. The molecule has 3 rings (SSSR count). The monoisotopic (exact) mass is 393 g/mol. The number of anilines is 1. The number of aromatic nitrogens is 2. The van der Waals surface area contributed by atoms with Crippen molar-refractivity contribution in [3.8, 4) is 0 Å². The number of nitrogens with one attached hydrogen (secondary N) is 2. The summed E-state index contributed by atoms with van der Waals surface area (Å²) in [7, 11) is 3.98. The first-order valence-corrected chi connectivity index (χ1v) is 9.66. The average Bonchev–Trinajstić information content (AvgIpc) is 3.08. The van der Waals surface area contributed by atoms with Crippen molar-refractivity contribution in [2.24, 2.45) is 0 Å². The Bertz CT molecular complexity index is 1020. The summed E-state index contributed by atoms with van der Waals surface area (Å²) >= 11 is 0. The fourth-order valence-corrected chi connectivity index (χ4v) is 3.23. The highest BCUT2D eigenvalue weighted by atomic mass is 16.2. The van der Waals surface area contributed by atoms with Gasteiger partial charge in [0.1, 0.15) is 0 Å². The first-order valence-electron chi connectivity index (χ1n) is 9.66. The number of fused-ring (bicyclic) bond motifs is 1. The molecular weight excluding hydrogens is 366 g/mol. The van der Waals surface area contributed by atoms with E-state index in [1.807, 2.05) is 58.3 Å². The predicted molar refractivity (Wildman–Crippen MR) is 115 cm³/mol. The molecule has 0 aliphatic rings. The van der Waals surface area contributed by atoms with Gasteiger partial charge in [-0.3, -0.25) is 14.0 Å². The Kier molecular flexibility index (Phi) is 6.29. The number of carbonyl (C=O) groups excluding carboxylic acids is 2. The van der Waals surface area contributed by atoms with Crippen molar-refractivity contribution in [2.75, 3.05) is 32.5 Å². The van der Waals surface area contributed by atoms with Gasteiger partial charge in [0.2, 0.25) is 5.82 Å². The SMILES string of the molecule is Cc1cccc(C)c1NC(=O)c1nc(C(=O)NCCCN(C)C)c2ccccn12. The van der Waals surface area contributed by atoms with Gasteiger partial charge in [-0.2, -0.15) is 0 Å². The van der Waals surface area contributed by atoms with E-state index < -0.39 is 0 Å². The molecule has 3 aromatic rings. The Morgan fingerprint density at radius 3 is 2.45 bits per heavy atom. The highest BCUT2D eigenvalue weighted by Gasteiger charge is 2.22. The van der Waals surface area contributed by atoms with E-state index in [2.05, 4.69) is 20.5 Å². The molecule has 29 heavy (non-hydrogen) atoms. The van der Waals surface area contributed by atoms with Crippen LogP contribution in [-0.4, -0.2) is 53.3 Å². The normalized spacial score (nSPS) is 11.1. The number of carbonyl (C=O) groups is 2. The lowest BCUT2D eigenvalue weighted by Gasteiger charge is -2.10. The zero-order valence-corrected chi connectivity index (χ0v) is 17.3. The number of nitrogens with zero attached hydrogens (tertiary/aromatic N) is 3. The van der Waals surface area contributed by atoms with Crippen LogP contribution in [-0.2, 0) is 0 Å². The van der Waals surface area contributed by atoms with E-state index in [1.165, 1.54) is 0 Å². The molecule has 2 aromatic heterocycles. The third kappa shape index (κ3) is 4.63. The van der Waals surface area contributed by atoms with Gasteiger partial charge in [0.25, 0.3) is 11.8 Å². The van der Waals surface area contributed by atoms with E-state index in [-0.39, 0.29) is 23.3 Å². The van der Waals surface area contributed by atoms with Gasteiger partial charge >= 0.3 is 0 Å². The number of pyridine rings is 1. The number of rotatable bonds is 7. The zero-order valence-electron chi connectivity index (χ0n) is 17.3. The van der Waals surface area contributed by atoms with Crippen molar-refractivity contribution < 1.29 is 9.59 Å². The lowest BCUT2D eigenvalue weighted by atomic mass is 10.1. The Morgan fingerprint density at radius 2 is 1.76 bits per heavy atom. The summed E-state index contributed by atoms with van der Waals surface area (Å²) in [4.78, 5) is 32.1. The van der Waals surface area contributed by atoms with Gasteiger partial charge < -0.3 is 15.5 Å². The Morgan fingerprint density at radius 1 is 1.03 bits per heavy atom. The fourth-order valence-electron chi connectivity index (χ4n) is 3.23. The Hall–Kier alpha value is -3.19.